The molecule has 2 rings (SSSR count). The molecule has 0 aliphatic carbocycles. The van der Waals surface area contributed by atoms with Crippen molar-refractivity contribution in [2.75, 3.05) is 0 Å². The molecule has 3 nitrogen and oxygen atoms in total. The van der Waals surface area contributed by atoms with E-state index in [1.165, 1.54) is 11.3 Å². The molecule has 14 heavy (non-hydrogen) atoms. The van der Waals surface area contributed by atoms with Crippen LogP contribution in [0.15, 0.2) is 22.6 Å². The van der Waals surface area contributed by atoms with Crippen LogP contribution >= 0.6 is 11.3 Å². The van der Waals surface area contributed by atoms with E-state index in [-0.39, 0.29) is 11.1 Å². The molecule has 2 aromatic rings. The molecule has 2 heterocycles. The highest BCUT2D eigenvalue weighted by Gasteiger charge is 2.16. The molecule has 0 bridgehead atoms. The van der Waals surface area contributed by atoms with Gasteiger partial charge in [-0.1, -0.05) is 0 Å². The standard InChI is InChI=1S/C10H12N2OS/c1-10(2,3)12-6-11-7-4-5-14-8(7)9(12)13/h4-6H,1-3H3. The molecule has 0 saturated heterocycles. The highest BCUT2D eigenvalue weighted by molar-refractivity contribution is 7.17. The molecule has 4 heteroatoms. The van der Waals surface area contributed by atoms with Gasteiger partial charge >= 0.3 is 0 Å². The van der Waals surface area contributed by atoms with Crippen molar-refractivity contribution in [3.63, 3.8) is 0 Å². The minimum absolute atomic E-state index is 0.0532. The van der Waals surface area contributed by atoms with Crippen LogP contribution in [0.3, 0.4) is 0 Å². The molecule has 0 saturated carbocycles. The van der Waals surface area contributed by atoms with E-state index in [9.17, 15) is 4.79 Å². The molecule has 0 N–H and O–H groups in total. The Balaban J connectivity index is 2.81. The minimum Gasteiger partial charge on any atom is -0.293 e. The van der Waals surface area contributed by atoms with E-state index in [4.69, 9.17) is 0 Å². The van der Waals surface area contributed by atoms with Gasteiger partial charge in [0.15, 0.2) is 0 Å². The van der Waals surface area contributed by atoms with Gasteiger partial charge in [-0.25, -0.2) is 4.98 Å². The normalized spacial score (nSPS) is 12.2. The van der Waals surface area contributed by atoms with Crippen molar-refractivity contribution >= 4 is 21.6 Å². The Kier molecular flexibility index (Phi) is 1.96. The number of hydrogen-bond donors (Lipinski definition) is 0. The van der Waals surface area contributed by atoms with Crippen LogP contribution in [-0.4, -0.2) is 9.55 Å². The van der Waals surface area contributed by atoms with Gasteiger partial charge in [0.2, 0.25) is 0 Å². The fraction of sp³-hybridized carbons (Fsp3) is 0.400. The molecular weight excluding hydrogens is 196 g/mol. The highest BCUT2D eigenvalue weighted by atomic mass is 32.1. The lowest BCUT2D eigenvalue weighted by atomic mass is 10.1. The molecule has 0 aliphatic heterocycles. The van der Waals surface area contributed by atoms with Crippen molar-refractivity contribution in [1.82, 2.24) is 9.55 Å². The minimum atomic E-state index is -0.206. The summed E-state index contributed by atoms with van der Waals surface area (Å²) in [6.45, 7) is 5.99. The zero-order chi connectivity index (χ0) is 10.3. The van der Waals surface area contributed by atoms with Crippen LogP contribution in [0.4, 0.5) is 0 Å². The Morgan fingerprint density at radius 1 is 1.43 bits per heavy atom. The van der Waals surface area contributed by atoms with E-state index in [1.54, 1.807) is 10.9 Å². The molecule has 2 aromatic heterocycles. The van der Waals surface area contributed by atoms with Crippen LogP contribution in [0.1, 0.15) is 20.8 Å². The second-order valence-corrected chi connectivity index (χ2v) is 5.14. The molecule has 0 amide bonds. The lowest BCUT2D eigenvalue weighted by Crippen LogP contribution is -2.33. The molecule has 74 valence electrons. The van der Waals surface area contributed by atoms with Gasteiger partial charge in [-0.2, -0.15) is 0 Å². The summed E-state index contributed by atoms with van der Waals surface area (Å²) >= 11 is 1.45. The maximum atomic E-state index is 12.0. The van der Waals surface area contributed by atoms with Gasteiger partial charge in [0.25, 0.3) is 5.56 Å². The van der Waals surface area contributed by atoms with Gasteiger partial charge in [0, 0.05) is 5.54 Å². The second-order valence-electron chi connectivity index (χ2n) is 4.23. The molecule has 0 unspecified atom stereocenters. The Morgan fingerprint density at radius 3 is 2.79 bits per heavy atom. The van der Waals surface area contributed by atoms with Gasteiger partial charge in [-0.15, -0.1) is 11.3 Å². The van der Waals surface area contributed by atoms with E-state index >= 15 is 0 Å². The average molecular weight is 208 g/mol. The van der Waals surface area contributed by atoms with Crippen molar-refractivity contribution in [1.29, 1.82) is 0 Å². The van der Waals surface area contributed by atoms with E-state index in [0.717, 1.165) is 10.2 Å². The van der Waals surface area contributed by atoms with Crippen LogP contribution in [0.5, 0.6) is 0 Å². The summed E-state index contributed by atoms with van der Waals surface area (Å²) in [5, 5.41) is 1.89. The first-order chi connectivity index (χ1) is 6.50. The summed E-state index contributed by atoms with van der Waals surface area (Å²) in [4.78, 5) is 16.2. The monoisotopic (exact) mass is 208 g/mol. The predicted molar refractivity (Wildman–Crippen MR) is 58.9 cm³/mol. The Bertz CT molecular complexity index is 519. The lowest BCUT2D eigenvalue weighted by molar-refractivity contribution is 0.382. The summed E-state index contributed by atoms with van der Waals surface area (Å²) in [6.07, 6.45) is 1.62. The number of hydrogen-bond acceptors (Lipinski definition) is 3. The number of aromatic nitrogens is 2. The predicted octanol–water partition coefficient (Wildman–Crippen LogP) is 2.21. The van der Waals surface area contributed by atoms with Gasteiger partial charge in [0.1, 0.15) is 4.70 Å². The maximum Gasteiger partial charge on any atom is 0.271 e. The first-order valence-electron chi connectivity index (χ1n) is 4.45. The van der Waals surface area contributed by atoms with Crippen molar-refractivity contribution < 1.29 is 0 Å². The summed E-state index contributed by atoms with van der Waals surface area (Å²) in [5.41, 5.74) is 0.639. The third-order valence-corrected chi connectivity index (χ3v) is 2.98. The Morgan fingerprint density at radius 2 is 2.14 bits per heavy atom. The van der Waals surface area contributed by atoms with E-state index < -0.39 is 0 Å². The quantitative estimate of drug-likeness (QED) is 0.665. The molecule has 0 radical (unpaired) electrons. The van der Waals surface area contributed by atoms with Crippen LogP contribution in [0.25, 0.3) is 10.2 Å². The first-order valence-corrected chi connectivity index (χ1v) is 5.33. The summed E-state index contributed by atoms with van der Waals surface area (Å²) in [7, 11) is 0. The number of thiophene rings is 1. The van der Waals surface area contributed by atoms with E-state index in [2.05, 4.69) is 4.98 Å². The smallest absolute Gasteiger partial charge is 0.271 e. The molecule has 0 fully saturated rings. The topological polar surface area (TPSA) is 34.9 Å². The van der Waals surface area contributed by atoms with Crippen molar-refractivity contribution in [2.24, 2.45) is 0 Å². The lowest BCUT2D eigenvalue weighted by Gasteiger charge is -2.21. The van der Waals surface area contributed by atoms with Crippen LogP contribution < -0.4 is 5.56 Å². The van der Waals surface area contributed by atoms with Crippen molar-refractivity contribution in [3.8, 4) is 0 Å². The third kappa shape index (κ3) is 1.35. The van der Waals surface area contributed by atoms with Crippen LogP contribution in [0, 0.1) is 0 Å². The molecule has 0 atom stereocenters. The summed E-state index contributed by atoms with van der Waals surface area (Å²) in [5.74, 6) is 0. The second kappa shape index (κ2) is 2.92. The van der Waals surface area contributed by atoms with Gasteiger partial charge < -0.3 is 0 Å². The highest BCUT2D eigenvalue weighted by Crippen LogP contribution is 2.16. The van der Waals surface area contributed by atoms with Gasteiger partial charge in [-0.05, 0) is 32.2 Å². The molecular formula is C10H12N2OS. The average Bonchev–Trinajstić information content (AvgIpc) is 2.50. The SMILES string of the molecule is CC(C)(C)n1cnc2ccsc2c1=O. The molecule has 0 spiro atoms. The summed E-state index contributed by atoms with van der Waals surface area (Å²) in [6, 6.07) is 1.87. The van der Waals surface area contributed by atoms with Crippen LogP contribution in [0.2, 0.25) is 0 Å². The molecule has 0 aromatic carbocycles. The van der Waals surface area contributed by atoms with Gasteiger partial charge in [-0.3, -0.25) is 9.36 Å². The number of fused-ring (bicyclic) bond motifs is 1. The number of nitrogens with zero attached hydrogens (tertiary/aromatic N) is 2. The fourth-order valence-electron chi connectivity index (χ4n) is 1.32. The van der Waals surface area contributed by atoms with E-state index in [0.29, 0.717) is 0 Å². The Hall–Kier alpha value is -1.16. The Labute approximate surface area is 86.0 Å². The van der Waals surface area contributed by atoms with E-state index in [1.807, 2.05) is 32.2 Å². The first kappa shape index (κ1) is 9.40. The number of rotatable bonds is 0. The zero-order valence-electron chi connectivity index (χ0n) is 8.44. The third-order valence-electron chi connectivity index (χ3n) is 2.09. The van der Waals surface area contributed by atoms with Crippen molar-refractivity contribution in [2.45, 2.75) is 26.3 Å². The zero-order valence-corrected chi connectivity index (χ0v) is 9.26. The van der Waals surface area contributed by atoms with Gasteiger partial charge in [0.05, 0.1) is 11.8 Å². The largest absolute Gasteiger partial charge is 0.293 e. The van der Waals surface area contributed by atoms with Crippen LogP contribution in [-0.2, 0) is 5.54 Å². The van der Waals surface area contributed by atoms with Crippen molar-refractivity contribution in [3.05, 3.63) is 28.1 Å². The maximum absolute atomic E-state index is 12.0. The summed E-state index contributed by atoms with van der Waals surface area (Å²) < 4.78 is 2.41. The fourth-order valence-corrected chi connectivity index (χ4v) is 2.10. The molecule has 0 aliphatic rings.